The van der Waals surface area contributed by atoms with Crippen LogP contribution in [-0.4, -0.2) is 15.7 Å². The number of hydrogen-bond acceptors (Lipinski definition) is 4. The lowest BCUT2D eigenvalue weighted by molar-refractivity contribution is 0.0734. The number of ether oxygens (including phenoxy) is 1. The number of rotatable bonds is 2. The molecule has 116 valence electrons. The van der Waals surface area contributed by atoms with Crippen LogP contribution in [0, 0.1) is 12.3 Å². The Bertz CT molecular complexity index is 805. The third kappa shape index (κ3) is 3.40. The van der Waals surface area contributed by atoms with Crippen molar-refractivity contribution in [3.8, 4) is 18.1 Å². The van der Waals surface area contributed by atoms with E-state index in [1.807, 2.05) is 30.0 Å². The summed E-state index contributed by atoms with van der Waals surface area (Å²) in [6, 6.07) is 7.43. The van der Waals surface area contributed by atoms with Crippen LogP contribution in [0.1, 0.15) is 41.8 Å². The lowest BCUT2D eigenvalue weighted by Crippen LogP contribution is -2.20. The second-order valence-electron chi connectivity index (χ2n) is 6.09. The number of aryl methyl sites for hydroxylation is 1. The largest absolute Gasteiger partial charge is 0.423 e. The average molecular weight is 323 g/mol. The molecule has 0 amide bonds. The number of hydrogen-bond donors (Lipinski definition) is 0. The molecule has 0 fully saturated rings. The van der Waals surface area contributed by atoms with Gasteiger partial charge < -0.3 is 4.74 Å². The minimum atomic E-state index is -0.477. The summed E-state index contributed by atoms with van der Waals surface area (Å²) < 4.78 is 5.73. The lowest BCUT2D eigenvalue weighted by Gasteiger charge is -2.30. The molecule has 1 aromatic carbocycles. The molecule has 0 bridgehead atoms. The molecule has 2 heterocycles. The van der Waals surface area contributed by atoms with Crippen LogP contribution in [0.15, 0.2) is 41.6 Å². The predicted molar refractivity (Wildman–Crippen MR) is 91.8 cm³/mol. The Labute approximate surface area is 140 Å². The number of pyridine rings is 1. The van der Waals surface area contributed by atoms with Gasteiger partial charge in [-0.25, -0.2) is 4.79 Å². The summed E-state index contributed by atoms with van der Waals surface area (Å²) in [4.78, 5) is 17.5. The van der Waals surface area contributed by atoms with Crippen molar-refractivity contribution in [3.63, 3.8) is 0 Å². The van der Waals surface area contributed by atoms with E-state index < -0.39 is 5.97 Å². The van der Waals surface area contributed by atoms with Crippen LogP contribution in [0.25, 0.3) is 0 Å². The highest BCUT2D eigenvalue weighted by Gasteiger charge is 2.26. The fourth-order valence-electron chi connectivity index (χ4n) is 2.54. The maximum atomic E-state index is 12.3. The van der Waals surface area contributed by atoms with E-state index in [1.54, 1.807) is 12.3 Å². The molecule has 1 aromatic heterocycles. The Morgan fingerprint density at radius 3 is 3.00 bits per heavy atom. The molecule has 1 aliphatic rings. The van der Waals surface area contributed by atoms with Crippen molar-refractivity contribution in [2.75, 3.05) is 0 Å². The molecule has 23 heavy (non-hydrogen) atoms. The predicted octanol–water partition coefficient (Wildman–Crippen LogP) is 4.10. The van der Waals surface area contributed by atoms with Gasteiger partial charge in [-0.2, -0.15) is 0 Å². The second kappa shape index (κ2) is 6.10. The monoisotopic (exact) mass is 323 g/mol. The number of carbonyl (C=O) groups is 1. The van der Waals surface area contributed by atoms with Crippen molar-refractivity contribution in [2.24, 2.45) is 0 Å². The number of terminal acetylenes is 1. The molecule has 0 atom stereocenters. The van der Waals surface area contributed by atoms with Gasteiger partial charge in [0.1, 0.15) is 5.75 Å². The summed E-state index contributed by atoms with van der Waals surface area (Å²) in [7, 11) is 0. The van der Waals surface area contributed by atoms with Gasteiger partial charge in [0.15, 0.2) is 0 Å². The van der Waals surface area contributed by atoms with Gasteiger partial charge in [0.25, 0.3) is 0 Å². The number of thioether (sulfide) groups is 1. The Balaban J connectivity index is 1.82. The van der Waals surface area contributed by atoms with E-state index >= 15 is 0 Å². The molecule has 0 saturated carbocycles. The van der Waals surface area contributed by atoms with Gasteiger partial charge in [-0.1, -0.05) is 19.8 Å². The van der Waals surface area contributed by atoms with E-state index in [0.717, 1.165) is 12.8 Å². The summed E-state index contributed by atoms with van der Waals surface area (Å²) in [6.07, 6.45) is 10.5. The van der Waals surface area contributed by atoms with Crippen molar-refractivity contribution >= 4 is 17.7 Å². The topological polar surface area (TPSA) is 39.2 Å². The fraction of sp³-hybridized carbons (Fsp3) is 0.263. The number of aromatic nitrogens is 1. The van der Waals surface area contributed by atoms with Crippen LogP contribution in [0.4, 0.5) is 0 Å². The molecule has 3 nitrogen and oxygen atoms in total. The highest BCUT2D eigenvalue weighted by molar-refractivity contribution is 8.00. The molecule has 0 spiro atoms. The van der Waals surface area contributed by atoms with Crippen LogP contribution in [0.5, 0.6) is 5.75 Å². The molecule has 1 aliphatic heterocycles. The van der Waals surface area contributed by atoms with Crippen molar-refractivity contribution in [1.29, 1.82) is 0 Å². The molecule has 0 unspecified atom stereocenters. The average Bonchev–Trinajstić information content (AvgIpc) is 2.54. The number of carbonyl (C=O) groups excluding carboxylic acids is 1. The van der Waals surface area contributed by atoms with E-state index in [1.165, 1.54) is 16.7 Å². The molecule has 3 rings (SSSR count). The van der Waals surface area contributed by atoms with Gasteiger partial charge in [0, 0.05) is 27.6 Å². The van der Waals surface area contributed by atoms with Gasteiger partial charge in [-0.05, 0) is 42.7 Å². The summed E-state index contributed by atoms with van der Waals surface area (Å²) in [6.45, 7) is 4.50. The van der Waals surface area contributed by atoms with Gasteiger partial charge in [0.05, 0.1) is 5.56 Å². The Hall–Kier alpha value is -2.25. The van der Waals surface area contributed by atoms with Crippen molar-refractivity contribution < 1.29 is 9.53 Å². The van der Waals surface area contributed by atoms with Crippen LogP contribution in [0.2, 0.25) is 0 Å². The Morgan fingerprint density at radius 2 is 2.22 bits per heavy atom. The van der Waals surface area contributed by atoms with Crippen LogP contribution < -0.4 is 4.74 Å². The first-order valence-electron chi connectivity index (χ1n) is 7.43. The normalized spacial score (nSPS) is 15.3. The molecule has 0 radical (unpaired) electrons. The molecule has 4 heteroatoms. The van der Waals surface area contributed by atoms with E-state index in [4.69, 9.17) is 11.2 Å². The quantitative estimate of drug-likeness (QED) is 0.474. The standard InChI is InChI=1S/C19H17NO2S/c1-4-13-8-10-20-12-16(13)18(21)22-15-5-6-17-14(11-15)7-9-19(2,3)23-17/h1,5-6,8,10-12H,7,9H2,2-3H3. The number of nitrogens with zero attached hydrogens (tertiary/aromatic N) is 1. The highest BCUT2D eigenvalue weighted by atomic mass is 32.2. The first kappa shape index (κ1) is 15.6. The minimum Gasteiger partial charge on any atom is -0.423 e. The van der Waals surface area contributed by atoms with Crippen LogP contribution >= 0.6 is 11.8 Å². The second-order valence-corrected chi connectivity index (χ2v) is 7.84. The summed E-state index contributed by atoms with van der Waals surface area (Å²) >= 11 is 1.87. The van der Waals surface area contributed by atoms with E-state index in [-0.39, 0.29) is 4.75 Å². The number of fused-ring (bicyclic) bond motifs is 1. The molecule has 0 aliphatic carbocycles. The molecule has 0 saturated heterocycles. The van der Waals surface area contributed by atoms with E-state index in [9.17, 15) is 4.79 Å². The van der Waals surface area contributed by atoms with Gasteiger partial charge in [0.2, 0.25) is 0 Å². The Kier molecular flexibility index (Phi) is 4.14. The third-order valence-corrected chi connectivity index (χ3v) is 5.20. The zero-order valence-electron chi connectivity index (χ0n) is 13.1. The van der Waals surface area contributed by atoms with Crippen LogP contribution in [0.3, 0.4) is 0 Å². The van der Waals surface area contributed by atoms with Gasteiger partial charge >= 0.3 is 5.97 Å². The third-order valence-electron chi connectivity index (χ3n) is 3.82. The Morgan fingerprint density at radius 1 is 1.39 bits per heavy atom. The number of benzene rings is 1. The fourth-order valence-corrected chi connectivity index (χ4v) is 3.77. The zero-order valence-corrected chi connectivity index (χ0v) is 13.9. The van der Waals surface area contributed by atoms with Crippen LogP contribution in [-0.2, 0) is 6.42 Å². The van der Waals surface area contributed by atoms with Crippen molar-refractivity contribution in [1.82, 2.24) is 4.98 Å². The summed E-state index contributed by atoms with van der Waals surface area (Å²) in [5.41, 5.74) is 2.02. The molecule has 0 N–H and O–H groups in total. The maximum Gasteiger partial charge on any atom is 0.346 e. The highest BCUT2D eigenvalue weighted by Crippen LogP contribution is 2.43. The summed E-state index contributed by atoms with van der Waals surface area (Å²) in [5.74, 6) is 2.54. The SMILES string of the molecule is C#Cc1ccncc1C(=O)Oc1ccc2c(c1)CCC(C)(C)S2. The summed E-state index contributed by atoms with van der Waals surface area (Å²) in [5, 5.41) is 0. The maximum absolute atomic E-state index is 12.3. The van der Waals surface area contributed by atoms with Gasteiger partial charge in [-0.15, -0.1) is 18.2 Å². The molecular formula is C19H17NO2S. The molecule has 2 aromatic rings. The van der Waals surface area contributed by atoms with Crippen molar-refractivity contribution in [3.05, 3.63) is 53.3 Å². The van der Waals surface area contributed by atoms with E-state index in [2.05, 4.69) is 24.8 Å². The first-order chi connectivity index (χ1) is 11.0. The zero-order chi connectivity index (χ0) is 16.4. The molecular weight excluding hydrogens is 306 g/mol. The van der Waals surface area contributed by atoms with Crippen molar-refractivity contribution in [2.45, 2.75) is 36.3 Å². The van der Waals surface area contributed by atoms with Gasteiger partial charge in [-0.3, -0.25) is 4.98 Å². The number of esters is 1. The lowest BCUT2D eigenvalue weighted by atomic mass is 10.0. The smallest absolute Gasteiger partial charge is 0.346 e. The first-order valence-corrected chi connectivity index (χ1v) is 8.25. The minimum absolute atomic E-state index is 0.253. The van der Waals surface area contributed by atoms with E-state index in [0.29, 0.717) is 16.9 Å².